The summed E-state index contributed by atoms with van der Waals surface area (Å²) in [5.41, 5.74) is 0.756. The van der Waals surface area contributed by atoms with E-state index in [2.05, 4.69) is 10.1 Å². The predicted molar refractivity (Wildman–Crippen MR) is 89.8 cm³/mol. The van der Waals surface area contributed by atoms with Crippen molar-refractivity contribution in [3.63, 3.8) is 0 Å². The first-order chi connectivity index (χ1) is 11.3. The molecule has 0 unspecified atom stereocenters. The van der Waals surface area contributed by atoms with E-state index < -0.39 is 24.5 Å². The van der Waals surface area contributed by atoms with Crippen LogP contribution in [0.3, 0.4) is 0 Å². The molecule has 0 radical (unpaired) electrons. The van der Waals surface area contributed by atoms with E-state index in [-0.39, 0.29) is 12.6 Å². The van der Waals surface area contributed by atoms with Gasteiger partial charge in [0, 0.05) is 12.2 Å². The molecule has 1 amide bonds. The van der Waals surface area contributed by atoms with Crippen molar-refractivity contribution < 1.29 is 23.9 Å². The fourth-order valence-corrected chi connectivity index (χ4v) is 1.97. The quantitative estimate of drug-likeness (QED) is 0.586. The predicted octanol–water partition coefficient (Wildman–Crippen LogP) is 2.83. The van der Waals surface area contributed by atoms with Gasteiger partial charge in [0.2, 0.25) is 0 Å². The summed E-state index contributed by atoms with van der Waals surface area (Å²) < 4.78 is 9.32. The summed E-state index contributed by atoms with van der Waals surface area (Å²) in [6.07, 6.45) is 1.83. The van der Waals surface area contributed by atoms with Crippen LogP contribution in [-0.4, -0.2) is 31.1 Å². The van der Waals surface area contributed by atoms with Crippen molar-refractivity contribution in [1.82, 2.24) is 5.32 Å². The van der Waals surface area contributed by atoms with Gasteiger partial charge >= 0.3 is 11.9 Å². The first-order valence-corrected chi connectivity index (χ1v) is 7.85. The molecule has 1 aromatic rings. The third-order valence-electron chi connectivity index (χ3n) is 2.81. The Labute approximate surface area is 149 Å². The van der Waals surface area contributed by atoms with Gasteiger partial charge in [0.1, 0.15) is 0 Å². The van der Waals surface area contributed by atoms with Gasteiger partial charge in [-0.2, -0.15) is 0 Å². The van der Waals surface area contributed by atoms with Crippen LogP contribution in [0, 0.1) is 0 Å². The molecular weight excluding hydrogens is 357 g/mol. The monoisotopic (exact) mass is 373 g/mol. The minimum Gasteiger partial charge on any atom is -0.463 e. The summed E-state index contributed by atoms with van der Waals surface area (Å²) in [5.74, 6) is -1.97. The normalized spacial score (nSPS) is 11.8. The molecule has 0 saturated heterocycles. The molecule has 0 aliphatic rings. The lowest BCUT2D eigenvalue weighted by Crippen LogP contribution is -2.30. The van der Waals surface area contributed by atoms with E-state index in [9.17, 15) is 14.4 Å². The summed E-state index contributed by atoms with van der Waals surface area (Å²) >= 11 is 11.8. The molecule has 0 aromatic heterocycles. The van der Waals surface area contributed by atoms with Gasteiger partial charge in [-0.1, -0.05) is 29.3 Å². The number of halogens is 2. The average molecular weight is 374 g/mol. The molecule has 0 fully saturated rings. The van der Waals surface area contributed by atoms with E-state index in [0.717, 1.165) is 17.7 Å². The molecule has 8 heteroatoms. The van der Waals surface area contributed by atoms with Crippen LogP contribution in [0.2, 0.25) is 10.0 Å². The number of hydrogen-bond acceptors (Lipinski definition) is 5. The van der Waals surface area contributed by atoms with Crippen molar-refractivity contribution in [3.8, 4) is 0 Å². The number of carbonyl (C=O) groups is 3. The standard InChI is InChI=1S/C16H17Cl2NO5/c1-3-23-15(21)6-7-16(22)24-9-14(20)19-10(2)11-4-5-12(17)13(18)8-11/h4-8,10H,3,9H2,1-2H3,(H,19,20)/b7-6+/t10-/m0/s1. The zero-order chi connectivity index (χ0) is 18.1. The maximum atomic E-state index is 11.8. The third-order valence-corrected chi connectivity index (χ3v) is 3.55. The van der Waals surface area contributed by atoms with E-state index in [1.165, 1.54) is 0 Å². The highest BCUT2D eigenvalue weighted by atomic mass is 35.5. The van der Waals surface area contributed by atoms with Gasteiger partial charge in [-0.3, -0.25) is 4.79 Å². The summed E-state index contributed by atoms with van der Waals surface area (Å²) in [6.45, 7) is 3.12. The number of nitrogens with one attached hydrogen (secondary N) is 1. The van der Waals surface area contributed by atoms with Crippen LogP contribution >= 0.6 is 23.2 Å². The smallest absolute Gasteiger partial charge is 0.331 e. The van der Waals surface area contributed by atoms with Gasteiger partial charge < -0.3 is 14.8 Å². The highest BCUT2D eigenvalue weighted by Gasteiger charge is 2.12. The van der Waals surface area contributed by atoms with E-state index in [4.69, 9.17) is 27.9 Å². The lowest BCUT2D eigenvalue weighted by Gasteiger charge is -2.14. The number of amides is 1. The summed E-state index contributed by atoms with van der Waals surface area (Å²) in [5, 5.41) is 3.45. The van der Waals surface area contributed by atoms with Gasteiger partial charge in [0.05, 0.1) is 22.7 Å². The van der Waals surface area contributed by atoms with Gasteiger partial charge in [-0.05, 0) is 31.5 Å². The molecule has 1 atom stereocenters. The molecule has 0 aliphatic carbocycles. The van der Waals surface area contributed by atoms with Crippen molar-refractivity contribution in [2.24, 2.45) is 0 Å². The zero-order valence-electron chi connectivity index (χ0n) is 13.2. The molecule has 6 nitrogen and oxygen atoms in total. The lowest BCUT2D eigenvalue weighted by atomic mass is 10.1. The lowest BCUT2D eigenvalue weighted by molar-refractivity contribution is -0.144. The number of carbonyl (C=O) groups excluding carboxylic acids is 3. The number of rotatable bonds is 7. The minimum absolute atomic E-state index is 0.202. The van der Waals surface area contributed by atoms with Crippen LogP contribution in [0.1, 0.15) is 25.5 Å². The van der Waals surface area contributed by atoms with Crippen molar-refractivity contribution in [3.05, 3.63) is 46.0 Å². The van der Waals surface area contributed by atoms with Crippen LogP contribution < -0.4 is 5.32 Å². The van der Waals surface area contributed by atoms with Crippen molar-refractivity contribution in [2.75, 3.05) is 13.2 Å². The van der Waals surface area contributed by atoms with Gasteiger partial charge in [-0.25, -0.2) is 9.59 Å². The topological polar surface area (TPSA) is 81.7 Å². The van der Waals surface area contributed by atoms with E-state index in [0.29, 0.717) is 10.0 Å². The Morgan fingerprint density at radius 2 is 1.75 bits per heavy atom. The van der Waals surface area contributed by atoms with Crippen molar-refractivity contribution in [1.29, 1.82) is 0 Å². The summed E-state index contributed by atoms with van der Waals surface area (Å²) in [4.78, 5) is 34.1. The Morgan fingerprint density at radius 1 is 1.12 bits per heavy atom. The molecule has 0 spiro atoms. The molecule has 130 valence electrons. The third kappa shape index (κ3) is 7.02. The van der Waals surface area contributed by atoms with Gasteiger partial charge in [0.25, 0.3) is 5.91 Å². The molecule has 24 heavy (non-hydrogen) atoms. The maximum absolute atomic E-state index is 11.8. The summed E-state index contributed by atoms with van der Waals surface area (Å²) in [6, 6.07) is 4.65. The van der Waals surface area contributed by atoms with E-state index >= 15 is 0 Å². The van der Waals surface area contributed by atoms with Crippen LogP contribution in [-0.2, 0) is 23.9 Å². The van der Waals surface area contributed by atoms with Crippen LogP contribution in [0.15, 0.2) is 30.4 Å². The first kappa shape index (κ1) is 20.0. The number of hydrogen-bond donors (Lipinski definition) is 1. The van der Waals surface area contributed by atoms with Crippen LogP contribution in [0.5, 0.6) is 0 Å². The second kappa shape index (κ2) is 9.95. The molecule has 1 rings (SSSR count). The first-order valence-electron chi connectivity index (χ1n) is 7.09. The Hall–Kier alpha value is -2.05. The molecule has 1 N–H and O–H groups in total. The average Bonchev–Trinajstić information content (AvgIpc) is 2.53. The van der Waals surface area contributed by atoms with Crippen LogP contribution in [0.25, 0.3) is 0 Å². The molecule has 0 aliphatic heterocycles. The molecule has 0 bridgehead atoms. The molecular formula is C16H17Cl2NO5. The van der Waals surface area contributed by atoms with E-state index in [1.54, 1.807) is 32.0 Å². The molecule has 1 aromatic carbocycles. The zero-order valence-corrected chi connectivity index (χ0v) is 14.7. The molecule has 0 heterocycles. The fourth-order valence-electron chi connectivity index (χ4n) is 1.66. The highest BCUT2D eigenvalue weighted by molar-refractivity contribution is 6.42. The fraction of sp³-hybridized carbons (Fsp3) is 0.312. The van der Waals surface area contributed by atoms with Crippen molar-refractivity contribution >= 4 is 41.0 Å². The largest absolute Gasteiger partial charge is 0.463 e. The minimum atomic E-state index is -0.819. The number of esters is 2. The molecule has 0 saturated carbocycles. The Kier molecular flexibility index (Phi) is 8.29. The SMILES string of the molecule is CCOC(=O)/C=C/C(=O)OCC(=O)N[C@@H](C)c1ccc(Cl)c(Cl)c1. The number of ether oxygens (including phenoxy) is 2. The highest BCUT2D eigenvalue weighted by Crippen LogP contribution is 2.25. The van der Waals surface area contributed by atoms with Gasteiger partial charge in [-0.15, -0.1) is 0 Å². The Morgan fingerprint density at radius 3 is 2.33 bits per heavy atom. The summed E-state index contributed by atoms with van der Waals surface area (Å²) in [7, 11) is 0. The maximum Gasteiger partial charge on any atom is 0.331 e. The Balaban J connectivity index is 2.44. The second-order valence-corrected chi connectivity index (χ2v) is 5.47. The van der Waals surface area contributed by atoms with Crippen molar-refractivity contribution in [2.45, 2.75) is 19.9 Å². The Bertz CT molecular complexity index is 645. The second-order valence-electron chi connectivity index (χ2n) is 4.66. The number of benzene rings is 1. The van der Waals surface area contributed by atoms with E-state index in [1.807, 2.05) is 0 Å². The van der Waals surface area contributed by atoms with Gasteiger partial charge in [0.15, 0.2) is 6.61 Å². The van der Waals surface area contributed by atoms with Crippen LogP contribution in [0.4, 0.5) is 0 Å².